The molecule has 0 fully saturated rings. The van der Waals surface area contributed by atoms with Crippen LogP contribution in [0.1, 0.15) is 6.92 Å². The highest BCUT2D eigenvalue weighted by atomic mass is 31.2. The lowest BCUT2D eigenvalue weighted by Crippen LogP contribution is -2.23. The molecular formula is C14H23F6O5PSi. The Labute approximate surface area is 154 Å². The highest BCUT2D eigenvalue weighted by Gasteiger charge is 2.38. The lowest BCUT2D eigenvalue weighted by molar-refractivity contribution is -0.165. The molecule has 0 aliphatic heterocycles. The number of rotatable bonds is 10. The molecule has 5 nitrogen and oxygen atoms in total. The van der Waals surface area contributed by atoms with Crippen molar-refractivity contribution < 1.29 is 49.5 Å². The number of hydrogen-bond acceptors (Lipinski definition) is 5. The molecule has 0 saturated heterocycles. The van der Waals surface area contributed by atoms with Crippen LogP contribution >= 0.6 is 7.60 Å². The molecule has 0 spiro atoms. The lowest BCUT2D eigenvalue weighted by Gasteiger charge is -2.19. The second-order valence-corrected chi connectivity index (χ2v) is 14.6. The fourth-order valence-electron chi connectivity index (χ4n) is 1.38. The quantitative estimate of drug-likeness (QED) is 0.153. The van der Waals surface area contributed by atoms with Crippen molar-refractivity contribution in [1.29, 1.82) is 0 Å². The van der Waals surface area contributed by atoms with E-state index >= 15 is 0 Å². The van der Waals surface area contributed by atoms with E-state index in [1.165, 1.54) is 6.92 Å². The van der Waals surface area contributed by atoms with E-state index in [0.29, 0.717) is 6.04 Å². The average molecular weight is 444 g/mol. The van der Waals surface area contributed by atoms with Crippen molar-refractivity contribution in [3.8, 4) is 0 Å². The summed E-state index contributed by atoms with van der Waals surface area (Å²) in [5.74, 6) is -0.813. The number of ether oxygens (including phenoxy) is 1. The van der Waals surface area contributed by atoms with E-state index in [4.69, 9.17) is 4.74 Å². The van der Waals surface area contributed by atoms with Gasteiger partial charge in [-0.2, -0.15) is 26.3 Å². The predicted octanol–water partition coefficient (Wildman–Crippen LogP) is 5.17. The number of esters is 1. The zero-order valence-corrected chi connectivity index (χ0v) is 17.3. The smallest absolute Gasteiger partial charge is 0.412 e. The summed E-state index contributed by atoms with van der Waals surface area (Å²) in [5.41, 5.74) is -0.128. The third kappa shape index (κ3) is 14.8. The number of allylic oxidation sites excluding steroid dienone is 1. The van der Waals surface area contributed by atoms with Gasteiger partial charge in [-0.3, -0.25) is 13.6 Å². The molecule has 0 radical (unpaired) electrons. The Morgan fingerprint density at radius 2 is 1.44 bits per heavy atom. The Hall–Kier alpha value is -0.843. The Bertz CT molecular complexity index is 546. The first-order chi connectivity index (χ1) is 11.9. The Morgan fingerprint density at radius 1 is 1.00 bits per heavy atom. The van der Waals surface area contributed by atoms with Crippen molar-refractivity contribution in [2.24, 2.45) is 0 Å². The second-order valence-electron chi connectivity index (χ2n) is 6.90. The van der Waals surface area contributed by atoms with Crippen LogP contribution in [0.4, 0.5) is 26.3 Å². The summed E-state index contributed by atoms with van der Waals surface area (Å²) < 4.78 is 98.5. The number of halogens is 6. The molecule has 0 N–H and O–H groups in total. The Morgan fingerprint density at radius 3 is 1.81 bits per heavy atom. The Balaban J connectivity index is 4.95. The van der Waals surface area contributed by atoms with Gasteiger partial charge in [-0.25, -0.2) is 4.79 Å². The molecule has 0 aromatic carbocycles. The molecule has 0 rings (SSSR count). The van der Waals surface area contributed by atoms with Crippen LogP contribution in [-0.2, 0) is 23.1 Å². The van der Waals surface area contributed by atoms with Gasteiger partial charge in [0.15, 0.2) is 13.2 Å². The van der Waals surface area contributed by atoms with Crippen molar-refractivity contribution in [3.63, 3.8) is 0 Å². The minimum atomic E-state index is -4.91. The molecule has 13 heteroatoms. The van der Waals surface area contributed by atoms with Gasteiger partial charge in [0.25, 0.3) is 0 Å². The minimum Gasteiger partial charge on any atom is -0.463 e. The summed E-state index contributed by atoms with van der Waals surface area (Å²) in [6.07, 6.45) is -9.88. The molecule has 0 bridgehead atoms. The summed E-state index contributed by atoms with van der Waals surface area (Å²) in [4.78, 5) is 11.8. The van der Waals surface area contributed by atoms with Crippen molar-refractivity contribution in [2.75, 3.05) is 26.0 Å². The molecular weight excluding hydrogens is 421 g/mol. The summed E-state index contributed by atoms with van der Waals surface area (Å²) in [6.45, 7) is 3.42. The van der Waals surface area contributed by atoms with E-state index in [1.54, 1.807) is 0 Å². The SMILES string of the molecule is C/C(=C\CP(=O)(OCC(F)(F)F)OCC(F)(F)F)C(=O)OCC[Si](C)(C)C. The minimum absolute atomic E-state index is 0.128. The third-order valence-corrected chi connectivity index (χ3v) is 6.26. The predicted molar refractivity (Wildman–Crippen MR) is 89.4 cm³/mol. The van der Waals surface area contributed by atoms with Crippen molar-refractivity contribution in [1.82, 2.24) is 0 Å². The van der Waals surface area contributed by atoms with E-state index in [1.807, 2.05) is 0 Å². The van der Waals surface area contributed by atoms with Crippen LogP contribution in [0.5, 0.6) is 0 Å². The van der Waals surface area contributed by atoms with E-state index in [9.17, 15) is 35.7 Å². The summed E-state index contributed by atoms with van der Waals surface area (Å²) >= 11 is 0. The fraction of sp³-hybridized carbons (Fsp3) is 0.786. The normalized spacial score (nSPS) is 14.4. The van der Waals surface area contributed by atoms with Gasteiger partial charge in [0, 0.05) is 13.6 Å². The number of hydrogen-bond donors (Lipinski definition) is 0. The van der Waals surface area contributed by atoms with Crippen LogP contribution in [-0.4, -0.2) is 52.4 Å². The first-order valence-corrected chi connectivity index (χ1v) is 13.2. The zero-order valence-electron chi connectivity index (χ0n) is 15.4. The Kier molecular flexibility index (Phi) is 9.77. The first-order valence-electron chi connectivity index (χ1n) is 7.78. The van der Waals surface area contributed by atoms with Crippen LogP contribution in [0.25, 0.3) is 0 Å². The monoisotopic (exact) mass is 444 g/mol. The molecule has 0 atom stereocenters. The van der Waals surface area contributed by atoms with E-state index in [0.717, 1.165) is 6.08 Å². The average Bonchev–Trinajstić information content (AvgIpc) is 2.46. The molecule has 160 valence electrons. The van der Waals surface area contributed by atoms with Crippen molar-refractivity contribution in [2.45, 2.75) is 45.0 Å². The summed E-state index contributed by atoms with van der Waals surface area (Å²) in [5, 5.41) is 0. The molecule has 0 aromatic heterocycles. The topological polar surface area (TPSA) is 61.8 Å². The maximum atomic E-state index is 12.2. The van der Waals surface area contributed by atoms with Crippen LogP contribution in [0, 0.1) is 0 Å². The van der Waals surface area contributed by atoms with Gasteiger partial charge in [0.05, 0.1) is 12.8 Å². The fourth-order valence-corrected chi connectivity index (χ4v) is 3.56. The van der Waals surface area contributed by atoms with Gasteiger partial charge in [-0.05, 0) is 13.0 Å². The summed E-state index contributed by atoms with van der Waals surface area (Å²) in [7, 11) is -6.23. The highest BCUT2D eigenvalue weighted by Crippen LogP contribution is 2.50. The van der Waals surface area contributed by atoms with Crippen LogP contribution < -0.4 is 0 Å². The van der Waals surface area contributed by atoms with E-state index < -0.39 is 53.4 Å². The van der Waals surface area contributed by atoms with Gasteiger partial charge in [0.1, 0.15) is 0 Å². The largest absolute Gasteiger partial charge is 0.463 e. The van der Waals surface area contributed by atoms with E-state index in [-0.39, 0.29) is 12.2 Å². The number of alkyl halides is 6. The van der Waals surface area contributed by atoms with Crippen LogP contribution in [0.2, 0.25) is 25.7 Å². The van der Waals surface area contributed by atoms with Crippen LogP contribution in [0.3, 0.4) is 0 Å². The molecule has 0 aliphatic rings. The molecule has 0 amide bonds. The van der Waals surface area contributed by atoms with Gasteiger partial charge in [-0.1, -0.05) is 25.7 Å². The van der Waals surface area contributed by atoms with Gasteiger partial charge in [-0.15, -0.1) is 0 Å². The zero-order chi connectivity index (χ0) is 21.5. The molecule has 0 heterocycles. The number of carbonyl (C=O) groups is 1. The molecule has 0 aliphatic carbocycles. The van der Waals surface area contributed by atoms with Crippen molar-refractivity contribution >= 4 is 21.6 Å². The lowest BCUT2D eigenvalue weighted by atomic mass is 10.3. The second kappa shape index (κ2) is 10.1. The van der Waals surface area contributed by atoms with Gasteiger partial charge in [0.2, 0.25) is 0 Å². The third-order valence-electron chi connectivity index (χ3n) is 2.88. The summed E-state index contributed by atoms with van der Waals surface area (Å²) in [6, 6.07) is 0.675. The maximum absolute atomic E-state index is 12.2. The maximum Gasteiger partial charge on any atom is 0.412 e. The van der Waals surface area contributed by atoms with Gasteiger partial charge < -0.3 is 4.74 Å². The van der Waals surface area contributed by atoms with Crippen LogP contribution in [0.15, 0.2) is 11.6 Å². The highest BCUT2D eigenvalue weighted by molar-refractivity contribution is 7.54. The van der Waals surface area contributed by atoms with Gasteiger partial charge >= 0.3 is 25.9 Å². The molecule has 0 aromatic rings. The molecule has 0 unspecified atom stereocenters. The number of carbonyl (C=O) groups excluding carboxylic acids is 1. The van der Waals surface area contributed by atoms with Crippen molar-refractivity contribution in [3.05, 3.63) is 11.6 Å². The van der Waals surface area contributed by atoms with E-state index in [2.05, 4.69) is 28.7 Å². The standard InChI is InChI=1S/C14H23F6O5PSi/c1-11(12(21)23-6-8-27(2,3)4)5-7-26(22,24-9-13(15,16)17)25-10-14(18,19)20/h5H,6-10H2,1-4H3/b11-5+. The molecule has 27 heavy (non-hydrogen) atoms. The first kappa shape index (κ1) is 26.2. The molecule has 0 saturated carbocycles.